The Hall–Kier alpha value is -3.05. The lowest BCUT2D eigenvalue weighted by Gasteiger charge is -2.28. The Balaban J connectivity index is 1.57. The van der Waals surface area contributed by atoms with Crippen molar-refractivity contribution in [2.75, 3.05) is 13.2 Å². The van der Waals surface area contributed by atoms with Gasteiger partial charge in [-0.3, -0.25) is 28.6 Å². The van der Waals surface area contributed by atoms with E-state index >= 15 is 0 Å². The molecule has 3 aliphatic heterocycles. The summed E-state index contributed by atoms with van der Waals surface area (Å²) in [4.78, 5) is 50.5. The molecule has 0 bridgehead atoms. The number of Topliss-reactive ketones (excluding diaryl/α,β-unsaturated/α-hetero) is 1. The molecule has 0 radical (unpaired) electrons. The Morgan fingerprint density at radius 2 is 1.86 bits per heavy atom. The molecule has 1 aromatic rings. The first kappa shape index (κ1) is 27.0. The van der Waals surface area contributed by atoms with Crippen LogP contribution in [0.1, 0.15) is 39.5 Å². The van der Waals surface area contributed by atoms with Gasteiger partial charge in [0.1, 0.15) is 30.2 Å². The number of carbonyl (C=O) groups is 4. The summed E-state index contributed by atoms with van der Waals surface area (Å²) >= 11 is 0. The van der Waals surface area contributed by atoms with E-state index in [-0.39, 0.29) is 50.4 Å². The topological polar surface area (TPSA) is 147 Å². The van der Waals surface area contributed by atoms with Crippen molar-refractivity contribution in [3.63, 3.8) is 0 Å². The van der Waals surface area contributed by atoms with E-state index in [0.29, 0.717) is 5.57 Å². The van der Waals surface area contributed by atoms with E-state index in [1.54, 1.807) is 37.3 Å². The molecule has 5 atom stereocenters. The van der Waals surface area contributed by atoms with Crippen LogP contribution in [0.4, 0.5) is 0 Å². The van der Waals surface area contributed by atoms with E-state index in [4.69, 9.17) is 23.3 Å². The zero-order valence-corrected chi connectivity index (χ0v) is 21.4. The molecule has 3 aliphatic rings. The SMILES string of the molecule is CC1=CN([C@@H]2C[C@H]3OC(=O)CCCOC(=O)[C@H](C)N[P@](=O)(Oc4ccccc4)OC[C@@H]3O2)C(=O)CC1=O. The van der Waals surface area contributed by atoms with E-state index < -0.39 is 50.1 Å². The number of rotatable bonds is 3. The number of benzene rings is 1. The van der Waals surface area contributed by atoms with Gasteiger partial charge in [-0.15, -0.1) is 0 Å². The van der Waals surface area contributed by atoms with E-state index in [1.165, 1.54) is 18.0 Å². The number of hydrogen-bond donors (Lipinski definition) is 1. The van der Waals surface area contributed by atoms with Crippen molar-refractivity contribution in [1.29, 1.82) is 0 Å². The molecule has 0 aliphatic carbocycles. The lowest BCUT2D eigenvalue weighted by molar-refractivity contribution is -0.156. The number of ether oxygens (including phenoxy) is 3. The van der Waals surface area contributed by atoms with Crippen LogP contribution >= 0.6 is 7.75 Å². The largest absolute Gasteiger partial charge is 0.465 e. The van der Waals surface area contributed by atoms with Crippen molar-refractivity contribution >= 4 is 31.4 Å². The number of amides is 1. The highest BCUT2D eigenvalue weighted by molar-refractivity contribution is 7.52. The van der Waals surface area contributed by atoms with Gasteiger partial charge in [0, 0.05) is 24.6 Å². The number of carbonyl (C=O) groups excluding carboxylic acids is 4. The molecule has 1 N–H and O–H groups in total. The van der Waals surface area contributed by atoms with Crippen LogP contribution in [-0.4, -0.2) is 66.2 Å². The highest BCUT2D eigenvalue weighted by Crippen LogP contribution is 2.46. The van der Waals surface area contributed by atoms with E-state index in [9.17, 15) is 23.7 Å². The average Bonchev–Trinajstić information content (AvgIpc) is 3.25. The van der Waals surface area contributed by atoms with E-state index in [2.05, 4.69) is 5.09 Å². The lowest BCUT2D eigenvalue weighted by Crippen LogP contribution is -2.40. The highest BCUT2D eigenvalue weighted by atomic mass is 31.2. The average molecular weight is 536 g/mol. The molecule has 1 aromatic carbocycles. The number of esters is 2. The third-order valence-electron chi connectivity index (χ3n) is 6.00. The van der Waals surface area contributed by atoms with Gasteiger partial charge in [0.2, 0.25) is 5.91 Å². The van der Waals surface area contributed by atoms with Gasteiger partial charge < -0.3 is 18.7 Å². The van der Waals surface area contributed by atoms with Crippen molar-refractivity contribution in [3.8, 4) is 5.75 Å². The van der Waals surface area contributed by atoms with E-state index in [0.717, 1.165) is 0 Å². The number of hydrogen-bond acceptors (Lipinski definition) is 10. The van der Waals surface area contributed by atoms with E-state index in [1.807, 2.05) is 0 Å². The van der Waals surface area contributed by atoms with Gasteiger partial charge >= 0.3 is 19.7 Å². The summed E-state index contributed by atoms with van der Waals surface area (Å²) in [5, 5.41) is 2.59. The third-order valence-corrected chi connectivity index (χ3v) is 7.64. The van der Waals surface area contributed by atoms with Crippen molar-refractivity contribution in [3.05, 3.63) is 42.1 Å². The normalized spacial score (nSPS) is 32.1. The Bertz CT molecular complexity index is 1120. The Morgan fingerprint density at radius 3 is 2.62 bits per heavy atom. The maximum absolute atomic E-state index is 13.7. The summed E-state index contributed by atoms with van der Waals surface area (Å²) in [6.07, 6.45) is -1.10. The van der Waals surface area contributed by atoms with Gasteiger partial charge in [0.15, 0.2) is 5.78 Å². The van der Waals surface area contributed by atoms with Crippen molar-refractivity contribution < 1.29 is 47.0 Å². The first-order chi connectivity index (χ1) is 17.6. The van der Waals surface area contributed by atoms with Gasteiger partial charge in [0.25, 0.3) is 0 Å². The van der Waals surface area contributed by atoms with Gasteiger partial charge in [-0.05, 0) is 32.4 Å². The van der Waals surface area contributed by atoms with Crippen LogP contribution in [-0.2, 0) is 42.5 Å². The molecule has 12 nitrogen and oxygen atoms in total. The van der Waals surface area contributed by atoms with Gasteiger partial charge in [0.05, 0.1) is 19.6 Å². The van der Waals surface area contributed by atoms with Gasteiger partial charge in [-0.2, -0.15) is 5.09 Å². The van der Waals surface area contributed by atoms with Crippen LogP contribution in [0.5, 0.6) is 5.75 Å². The molecule has 0 unspecified atom stereocenters. The number of allylic oxidation sites excluding steroid dienone is 1. The monoisotopic (exact) mass is 536 g/mol. The summed E-state index contributed by atoms with van der Waals surface area (Å²) in [5.41, 5.74) is 0.401. The maximum Gasteiger partial charge on any atom is 0.459 e. The summed E-state index contributed by atoms with van der Waals surface area (Å²) in [7, 11) is -4.16. The second-order valence-electron chi connectivity index (χ2n) is 8.93. The predicted octanol–water partition coefficient (Wildman–Crippen LogP) is 2.24. The number of nitrogens with zero attached hydrogens (tertiary/aromatic N) is 1. The lowest BCUT2D eigenvalue weighted by atomic mass is 10.1. The van der Waals surface area contributed by atoms with Crippen LogP contribution in [0.2, 0.25) is 0 Å². The summed E-state index contributed by atoms with van der Waals surface area (Å²) < 4.78 is 41.7. The van der Waals surface area contributed by atoms with Crippen molar-refractivity contribution in [1.82, 2.24) is 9.99 Å². The van der Waals surface area contributed by atoms with Crippen LogP contribution in [0.25, 0.3) is 0 Å². The summed E-state index contributed by atoms with van der Waals surface area (Å²) in [5.74, 6) is -1.72. The van der Waals surface area contributed by atoms with Crippen molar-refractivity contribution in [2.45, 2.75) is 64.0 Å². The molecule has 13 heteroatoms. The first-order valence-corrected chi connectivity index (χ1v) is 13.5. The minimum atomic E-state index is -4.16. The van der Waals surface area contributed by atoms with Crippen LogP contribution in [0.3, 0.4) is 0 Å². The van der Waals surface area contributed by atoms with Crippen LogP contribution in [0, 0.1) is 0 Å². The fourth-order valence-electron chi connectivity index (χ4n) is 4.02. The fraction of sp³-hybridized carbons (Fsp3) is 0.500. The molecule has 37 heavy (non-hydrogen) atoms. The molecule has 0 aromatic heterocycles. The number of ketones is 1. The molecule has 1 amide bonds. The Labute approximate surface area is 213 Å². The Morgan fingerprint density at radius 1 is 1.11 bits per heavy atom. The zero-order valence-electron chi connectivity index (χ0n) is 20.5. The smallest absolute Gasteiger partial charge is 0.459 e. The molecule has 2 saturated heterocycles. The second-order valence-corrected chi connectivity index (χ2v) is 10.6. The number of nitrogens with one attached hydrogen (secondary N) is 1. The molecular formula is C24H29N2O10P. The highest BCUT2D eigenvalue weighted by Gasteiger charge is 2.45. The predicted molar refractivity (Wildman–Crippen MR) is 127 cm³/mol. The minimum absolute atomic E-state index is 0.00436. The molecule has 3 heterocycles. The molecule has 0 spiro atoms. The number of cyclic esters (lactones) is 1. The summed E-state index contributed by atoms with van der Waals surface area (Å²) in [6, 6.07) is 7.21. The number of fused-ring (bicyclic) bond motifs is 1. The van der Waals surface area contributed by atoms with Crippen molar-refractivity contribution in [2.24, 2.45) is 0 Å². The minimum Gasteiger partial charge on any atom is -0.465 e. The van der Waals surface area contributed by atoms with Crippen LogP contribution in [0.15, 0.2) is 42.1 Å². The quantitative estimate of drug-likeness (QED) is 0.345. The van der Waals surface area contributed by atoms with Gasteiger partial charge in [-0.1, -0.05) is 18.2 Å². The second kappa shape index (κ2) is 11.6. The fourth-order valence-corrected chi connectivity index (χ4v) is 5.53. The van der Waals surface area contributed by atoms with Gasteiger partial charge in [-0.25, -0.2) is 4.57 Å². The third kappa shape index (κ3) is 6.84. The molecule has 2 fully saturated rings. The summed E-state index contributed by atoms with van der Waals surface area (Å²) in [6.45, 7) is 2.66. The molecule has 200 valence electrons. The standard InChI is InChI=1S/C24H29N2O10P/c1-15-13-26(21(28)11-18(15)27)22-12-19-20(34-22)14-33-37(31,36-17-7-4-3-5-8-17)25-16(2)24(30)32-10-6-9-23(29)35-19/h3-5,7-8,13,16,19-20,22H,6,9-12,14H2,1-2H3,(H,25,31)/t16-,19+,20-,22-,37+/m0/s1. The molecule has 4 rings (SSSR count). The maximum atomic E-state index is 13.7. The zero-order chi connectivity index (χ0) is 26.6. The molecular weight excluding hydrogens is 507 g/mol. The molecule has 0 saturated carbocycles. The number of para-hydroxylation sites is 1. The van der Waals surface area contributed by atoms with Crippen LogP contribution < -0.4 is 9.61 Å². The Kier molecular flexibility index (Phi) is 8.43. The first-order valence-electron chi connectivity index (χ1n) is 11.9.